The summed E-state index contributed by atoms with van der Waals surface area (Å²) in [4.78, 5) is 10.7. The van der Waals surface area contributed by atoms with Crippen LogP contribution in [0.3, 0.4) is 0 Å². The summed E-state index contributed by atoms with van der Waals surface area (Å²) in [6, 6.07) is 1.16. The van der Waals surface area contributed by atoms with Gasteiger partial charge in [0, 0.05) is 18.5 Å². The number of thiophene rings is 1. The zero-order valence-corrected chi connectivity index (χ0v) is 11.6. The lowest BCUT2D eigenvalue weighted by molar-refractivity contribution is -0.0764. The Bertz CT molecular complexity index is 625. The first kappa shape index (κ1) is 13.0. The van der Waals surface area contributed by atoms with Crippen molar-refractivity contribution in [1.82, 2.24) is 4.31 Å². The van der Waals surface area contributed by atoms with E-state index in [1.165, 1.54) is 9.69 Å². The minimum absolute atomic E-state index is 0.00319. The minimum atomic E-state index is -3.67. The molecule has 1 aliphatic carbocycles. The van der Waals surface area contributed by atoms with Crippen molar-refractivity contribution in [1.29, 1.82) is 0 Å². The number of rotatable bonds is 4. The third-order valence-electron chi connectivity index (χ3n) is 3.66. The molecule has 1 aromatic heterocycles. The second-order valence-electron chi connectivity index (χ2n) is 5.10. The molecule has 0 atom stereocenters. The summed E-state index contributed by atoms with van der Waals surface area (Å²) < 4.78 is 25.6. The molecule has 1 saturated carbocycles. The molecule has 0 bridgehead atoms. The number of nitrogens with zero attached hydrogens (tertiary/aromatic N) is 1. The summed E-state index contributed by atoms with van der Waals surface area (Å²) in [5, 5.41) is 20.3. The van der Waals surface area contributed by atoms with Gasteiger partial charge in [-0.1, -0.05) is 0 Å². The topological polar surface area (TPSA) is 94.9 Å². The fourth-order valence-electron chi connectivity index (χ4n) is 2.33. The Balaban J connectivity index is 1.78. The summed E-state index contributed by atoms with van der Waals surface area (Å²) >= 11 is 0.887. The van der Waals surface area contributed by atoms with Crippen LogP contribution in [0.2, 0.25) is 0 Å². The molecule has 2 N–H and O–H groups in total. The molecule has 104 valence electrons. The number of aromatic carboxylic acids is 1. The molecule has 1 saturated heterocycles. The van der Waals surface area contributed by atoms with Crippen LogP contribution in [-0.2, 0) is 10.0 Å². The summed E-state index contributed by atoms with van der Waals surface area (Å²) in [5.74, 6) is -0.916. The Hall–Kier alpha value is -0.960. The highest BCUT2D eigenvalue weighted by Crippen LogP contribution is 2.46. The van der Waals surface area contributed by atoms with Gasteiger partial charge in [-0.2, -0.15) is 4.31 Å². The van der Waals surface area contributed by atoms with Crippen LogP contribution < -0.4 is 0 Å². The minimum Gasteiger partial charge on any atom is -0.477 e. The van der Waals surface area contributed by atoms with Gasteiger partial charge in [-0.05, 0) is 24.8 Å². The maximum absolute atomic E-state index is 12.2. The highest BCUT2D eigenvalue weighted by molar-refractivity contribution is 7.89. The van der Waals surface area contributed by atoms with Gasteiger partial charge in [-0.3, -0.25) is 0 Å². The predicted octanol–water partition coefficient (Wildman–Crippen LogP) is 0.592. The highest BCUT2D eigenvalue weighted by Gasteiger charge is 2.55. The third kappa shape index (κ3) is 2.08. The first-order chi connectivity index (χ1) is 8.83. The van der Waals surface area contributed by atoms with Gasteiger partial charge in [-0.15, -0.1) is 11.3 Å². The number of aliphatic hydroxyl groups is 1. The lowest BCUT2D eigenvalue weighted by Gasteiger charge is -2.45. The summed E-state index contributed by atoms with van der Waals surface area (Å²) in [7, 11) is -3.67. The largest absolute Gasteiger partial charge is 0.477 e. The van der Waals surface area contributed by atoms with Gasteiger partial charge >= 0.3 is 5.97 Å². The van der Waals surface area contributed by atoms with Crippen molar-refractivity contribution in [3.05, 3.63) is 16.3 Å². The molecule has 0 unspecified atom stereocenters. The molecule has 2 heterocycles. The van der Waals surface area contributed by atoms with Gasteiger partial charge in [0.2, 0.25) is 10.0 Å². The quantitative estimate of drug-likeness (QED) is 0.849. The first-order valence-electron chi connectivity index (χ1n) is 5.87. The van der Waals surface area contributed by atoms with Crippen LogP contribution >= 0.6 is 11.3 Å². The van der Waals surface area contributed by atoms with Gasteiger partial charge in [0.1, 0.15) is 4.88 Å². The molecule has 6 nitrogen and oxygen atoms in total. The average molecular weight is 303 g/mol. The molecule has 2 fully saturated rings. The second kappa shape index (κ2) is 4.02. The number of carboxylic acid groups (broad SMARTS) is 1. The summed E-state index contributed by atoms with van der Waals surface area (Å²) in [5.41, 5.74) is -0.876. The SMILES string of the molecule is O=C(O)c1cc(S(=O)(=O)N2CC(O)(C3CC3)C2)cs1. The van der Waals surface area contributed by atoms with Gasteiger partial charge in [0.25, 0.3) is 0 Å². The van der Waals surface area contributed by atoms with Crippen molar-refractivity contribution in [2.24, 2.45) is 5.92 Å². The zero-order valence-electron chi connectivity index (χ0n) is 9.94. The molecular formula is C11H13NO5S2. The van der Waals surface area contributed by atoms with Crippen molar-refractivity contribution in [3.63, 3.8) is 0 Å². The molecule has 1 aliphatic heterocycles. The predicted molar refractivity (Wildman–Crippen MR) is 67.7 cm³/mol. The van der Waals surface area contributed by atoms with Crippen molar-refractivity contribution >= 4 is 27.3 Å². The van der Waals surface area contributed by atoms with E-state index in [4.69, 9.17) is 5.11 Å². The monoisotopic (exact) mass is 303 g/mol. The smallest absolute Gasteiger partial charge is 0.345 e. The van der Waals surface area contributed by atoms with Crippen LogP contribution in [0.15, 0.2) is 16.3 Å². The number of carboxylic acids is 1. The van der Waals surface area contributed by atoms with Crippen molar-refractivity contribution in [2.45, 2.75) is 23.3 Å². The Kier molecular flexibility index (Phi) is 2.76. The number of hydrogen-bond acceptors (Lipinski definition) is 5. The van der Waals surface area contributed by atoms with Crippen LogP contribution in [0.5, 0.6) is 0 Å². The summed E-state index contributed by atoms with van der Waals surface area (Å²) in [6.07, 6.45) is 1.90. The Labute approximate surface area is 114 Å². The summed E-state index contributed by atoms with van der Waals surface area (Å²) in [6.45, 7) is 0.219. The zero-order chi connectivity index (χ0) is 13.8. The molecule has 0 amide bonds. The van der Waals surface area contributed by atoms with E-state index in [0.717, 1.165) is 30.2 Å². The van der Waals surface area contributed by atoms with E-state index < -0.39 is 21.6 Å². The first-order valence-corrected chi connectivity index (χ1v) is 8.19. The maximum Gasteiger partial charge on any atom is 0.345 e. The van der Waals surface area contributed by atoms with Crippen molar-refractivity contribution in [3.8, 4) is 0 Å². The molecule has 0 aromatic carbocycles. The van der Waals surface area contributed by atoms with Gasteiger partial charge < -0.3 is 10.2 Å². The molecule has 0 radical (unpaired) electrons. The van der Waals surface area contributed by atoms with Gasteiger partial charge in [-0.25, -0.2) is 13.2 Å². The van der Waals surface area contributed by atoms with E-state index in [0.29, 0.717) is 0 Å². The van der Waals surface area contributed by atoms with Crippen LogP contribution in [0.1, 0.15) is 22.5 Å². The fourth-order valence-corrected chi connectivity index (χ4v) is 4.99. The number of sulfonamides is 1. The molecule has 19 heavy (non-hydrogen) atoms. The van der Waals surface area contributed by atoms with Crippen molar-refractivity contribution < 1.29 is 23.4 Å². The van der Waals surface area contributed by atoms with E-state index in [-0.39, 0.29) is 28.8 Å². The number of β-amino-alcohol motifs (C(OH)–C–C–N with tert-alkyl or cyclic N) is 1. The van der Waals surface area contributed by atoms with E-state index in [1.54, 1.807) is 0 Å². The standard InChI is InChI=1S/C11H13NO5S2/c13-10(14)9-3-8(4-18-9)19(16,17)12-5-11(15,6-12)7-1-2-7/h3-4,7,15H,1-2,5-6H2,(H,13,14). The Morgan fingerprint density at radius 1 is 1.42 bits per heavy atom. The van der Waals surface area contributed by atoms with E-state index >= 15 is 0 Å². The maximum atomic E-state index is 12.2. The number of hydrogen-bond donors (Lipinski definition) is 2. The Morgan fingerprint density at radius 3 is 2.53 bits per heavy atom. The van der Waals surface area contributed by atoms with Crippen molar-refractivity contribution in [2.75, 3.05) is 13.1 Å². The Morgan fingerprint density at radius 2 is 2.05 bits per heavy atom. The highest BCUT2D eigenvalue weighted by atomic mass is 32.2. The van der Waals surface area contributed by atoms with Gasteiger partial charge in [0.15, 0.2) is 0 Å². The molecule has 8 heteroatoms. The molecular weight excluding hydrogens is 290 g/mol. The molecule has 2 aliphatic rings. The normalized spacial score (nSPS) is 23.0. The van der Waals surface area contributed by atoms with Crippen LogP contribution in [0.25, 0.3) is 0 Å². The van der Waals surface area contributed by atoms with E-state index in [2.05, 4.69) is 0 Å². The lowest BCUT2D eigenvalue weighted by Crippen LogP contribution is -2.64. The second-order valence-corrected chi connectivity index (χ2v) is 7.95. The van der Waals surface area contributed by atoms with E-state index in [1.807, 2.05) is 0 Å². The van der Waals surface area contributed by atoms with Crippen LogP contribution in [0.4, 0.5) is 0 Å². The van der Waals surface area contributed by atoms with Crippen LogP contribution in [-0.4, -0.2) is 47.6 Å². The number of carbonyl (C=O) groups is 1. The molecule has 1 aromatic rings. The third-order valence-corrected chi connectivity index (χ3v) is 6.50. The fraction of sp³-hybridized carbons (Fsp3) is 0.545. The lowest BCUT2D eigenvalue weighted by atomic mass is 9.91. The van der Waals surface area contributed by atoms with E-state index in [9.17, 15) is 18.3 Å². The van der Waals surface area contributed by atoms with Gasteiger partial charge in [0.05, 0.1) is 10.5 Å². The molecule has 3 rings (SSSR count). The van der Waals surface area contributed by atoms with Crippen LogP contribution in [0, 0.1) is 5.92 Å². The average Bonchev–Trinajstić information content (AvgIpc) is 3.01. The molecule has 0 spiro atoms.